The fraction of sp³-hybridized carbons (Fsp3) is 0.452. The first-order valence-corrected chi connectivity index (χ1v) is 14.2. The number of ether oxygens (including phenoxy) is 1. The number of carbonyl (C=O) groups is 1. The predicted octanol–water partition coefficient (Wildman–Crippen LogP) is 3.52. The third kappa shape index (κ3) is 6.21. The summed E-state index contributed by atoms with van der Waals surface area (Å²) in [4.78, 5) is 30.7. The number of aliphatic hydroxyl groups excluding tert-OH is 1. The van der Waals surface area contributed by atoms with Gasteiger partial charge < -0.3 is 25.8 Å². The highest BCUT2D eigenvalue weighted by Crippen LogP contribution is 2.50. The number of aryl methyl sites for hydroxylation is 1. The highest BCUT2D eigenvalue weighted by atomic mass is 16.5. The van der Waals surface area contributed by atoms with Gasteiger partial charge >= 0.3 is 0 Å². The number of rotatable bonds is 13. The molecule has 40 heavy (non-hydrogen) atoms. The van der Waals surface area contributed by atoms with E-state index in [4.69, 9.17) is 4.74 Å². The van der Waals surface area contributed by atoms with Crippen molar-refractivity contribution in [1.29, 1.82) is 0 Å². The molecule has 1 atom stereocenters. The third-order valence-electron chi connectivity index (χ3n) is 7.76. The summed E-state index contributed by atoms with van der Waals surface area (Å²) in [5, 5.41) is 19.3. The molecule has 0 saturated heterocycles. The molecule has 4 N–H and O–H groups in total. The van der Waals surface area contributed by atoms with Gasteiger partial charge in [-0.2, -0.15) is 0 Å². The first kappa shape index (κ1) is 27.9. The summed E-state index contributed by atoms with van der Waals surface area (Å²) in [6.45, 7) is 7.22. The zero-order valence-electron chi connectivity index (χ0n) is 23.4. The number of carbonyl (C=O) groups excluding carboxylic acids is 1. The summed E-state index contributed by atoms with van der Waals surface area (Å²) >= 11 is 0. The second kappa shape index (κ2) is 11.8. The molecule has 0 unspecified atom stereocenters. The van der Waals surface area contributed by atoms with Gasteiger partial charge in [-0.1, -0.05) is 38.1 Å². The zero-order chi connectivity index (χ0) is 28.3. The number of nitrogens with zero attached hydrogens (tertiary/aromatic N) is 2. The van der Waals surface area contributed by atoms with Gasteiger partial charge in [0.1, 0.15) is 12.4 Å². The van der Waals surface area contributed by atoms with Gasteiger partial charge in [0.15, 0.2) is 5.82 Å². The first-order valence-electron chi connectivity index (χ1n) is 14.2. The molecule has 9 nitrogen and oxygen atoms in total. The molecular formula is C31H39N5O4. The van der Waals surface area contributed by atoms with Crippen LogP contribution in [0, 0.1) is 12.8 Å². The molecule has 2 aliphatic rings. The van der Waals surface area contributed by atoms with Gasteiger partial charge in [0.2, 0.25) is 0 Å². The fourth-order valence-electron chi connectivity index (χ4n) is 4.91. The van der Waals surface area contributed by atoms with Crippen molar-refractivity contribution in [3.8, 4) is 11.4 Å². The van der Waals surface area contributed by atoms with E-state index in [9.17, 15) is 14.7 Å². The van der Waals surface area contributed by atoms with E-state index in [0.29, 0.717) is 30.3 Å². The molecule has 0 spiro atoms. The van der Waals surface area contributed by atoms with Crippen LogP contribution in [0.3, 0.4) is 0 Å². The van der Waals surface area contributed by atoms with Crippen LogP contribution in [0.15, 0.2) is 59.7 Å². The van der Waals surface area contributed by atoms with E-state index in [2.05, 4.69) is 34.8 Å². The Labute approximate surface area is 235 Å². The highest BCUT2D eigenvalue weighted by Gasteiger charge is 2.47. The molecule has 2 fully saturated rings. The molecule has 212 valence electrons. The van der Waals surface area contributed by atoms with Crippen molar-refractivity contribution in [3.63, 3.8) is 0 Å². The number of anilines is 1. The quantitative estimate of drug-likeness (QED) is 0.243. The van der Waals surface area contributed by atoms with E-state index in [0.717, 1.165) is 42.6 Å². The number of hydrogen-bond acceptors (Lipinski definition) is 7. The lowest BCUT2D eigenvalue weighted by atomic mass is 10.0. The van der Waals surface area contributed by atoms with Crippen LogP contribution in [0.25, 0.3) is 5.69 Å². The van der Waals surface area contributed by atoms with Gasteiger partial charge in [-0.25, -0.2) is 4.98 Å². The molecule has 1 heterocycles. The van der Waals surface area contributed by atoms with Crippen molar-refractivity contribution in [2.75, 3.05) is 25.1 Å². The summed E-state index contributed by atoms with van der Waals surface area (Å²) in [6, 6.07) is 13.6. The van der Waals surface area contributed by atoms with Crippen LogP contribution in [0.2, 0.25) is 0 Å². The molecule has 1 aromatic heterocycles. The van der Waals surface area contributed by atoms with Gasteiger partial charge in [0.05, 0.1) is 17.8 Å². The maximum absolute atomic E-state index is 13.6. The fourth-order valence-corrected chi connectivity index (χ4v) is 4.91. The second-order valence-corrected chi connectivity index (χ2v) is 11.2. The molecule has 9 heteroatoms. The number of aliphatic hydroxyl groups is 1. The molecule has 2 saturated carbocycles. The summed E-state index contributed by atoms with van der Waals surface area (Å²) < 4.78 is 7.71. The van der Waals surface area contributed by atoms with E-state index >= 15 is 0 Å². The normalized spacial score (nSPS) is 16.4. The minimum atomic E-state index is -0.442. The Hall–Kier alpha value is -3.69. The zero-order valence-corrected chi connectivity index (χ0v) is 23.4. The van der Waals surface area contributed by atoms with Crippen LogP contribution in [0.1, 0.15) is 61.0 Å². The standard InChI is InChI=1S/C31H39N5O4/c1-20(2)25(19-37)32-15-17-40-27-7-5-4-6-24(27)31(12-13-31)35-28-30(39)36(16-14-33-28)26-18-22(9-8-21(26)3)29(38)34-23-10-11-23/h4-9,14,16,18,20,23,25,32,37H,10-13,15,17,19H2,1-3H3,(H,33,35)(H,34,38)/t25-/m0/s1. The van der Waals surface area contributed by atoms with Gasteiger partial charge in [0, 0.05) is 42.1 Å². The maximum atomic E-state index is 13.6. The number of amides is 1. The van der Waals surface area contributed by atoms with Crippen LogP contribution in [-0.2, 0) is 5.54 Å². The Bertz CT molecular complexity index is 1410. The van der Waals surface area contributed by atoms with Gasteiger partial charge in [0.25, 0.3) is 11.5 Å². The van der Waals surface area contributed by atoms with Crippen molar-refractivity contribution >= 4 is 11.7 Å². The lowest BCUT2D eigenvalue weighted by Gasteiger charge is -2.23. The summed E-state index contributed by atoms with van der Waals surface area (Å²) in [7, 11) is 0. The topological polar surface area (TPSA) is 118 Å². The van der Waals surface area contributed by atoms with Crippen molar-refractivity contribution in [2.45, 2.75) is 64.1 Å². The second-order valence-electron chi connectivity index (χ2n) is 11.2. The Balaban J connectivity index is 1.34. The average molecular weight is 546 g/mol. The van der Waals surface area contributed by atoms with Crippen molar-refractivity contribution in [2.24, 2.45) is 5.92 Å². The molecule has 5 rings (SSSR count). The lowest BCUT2D eigenvalue weighted by molar-refractivity contribution is 0.0951. The summed E-state index contributed by atoms with van der Waals surface area (Å²) in [5.74, 6) is 1.22. The van der Waals surface area contributed by atoms with E-state index in [1.165, 1.54) is 0 Å². The van der Waals surface area contributed by atoms with Crippen molar-refractivity contribution in [3.05, 3.63) is 81.9 Å². The smallest absolute Gasteiger partial charge is 0.297 e. The SMILES string of the molecule is Cc1ccc(C(=O)NC2CC2)cc1-n1ccnc(NC2(c3ccccc3OCCN[C@@H](CO)C(C)C)CC2)c1=O. The Morgan fingerprint density at radius 3 is 2.67 bits per heavy atom. The monoisotopic (exact) mass is 545 g/mol. The molecule has 1 amide bonds. The third-order valence-corrected chi connectivity index (χ3v) is 7.76. The number of aromatic nitrogens is 2. The van der Waals surface area contributed by atoms with E-state index < -0.39 is 5.54 Å². The molecule has 2 aliphatic carbocycles. The van der Waals surface area contributed by atoms with Gasteiger partial charge in [-0.05, 0) is 62.3 Å². The minimum Gasteiger partial charge on any atom is -0.492 e. The first-order chi connectivity index (χ1) is 19.3. The molecule has 0 radical (unpaired) electrons. The Morgan fingerprint density at radius 2 is 1.98 bits per heavy atom. The number of para-hydroxylation sites is 1. The van der Waals surface area contributed by atoms with E-state index in [1.807, 2.05) is 37.3 Å². The predicted molar refractivity (Wildman–Crippen MR) is 155 cm³/mol. The Morgan fingerprint density at radius 1 is 1.20 bits per heavy atom. The van der Waals surface area contributed by atoms with E-state index in [1.54, 1.807) is 29.1 Å². The molecule has 0 aliphatic heterocycles. The summed E-state index contributed by atoms with van der Waals surface area (Å²) in [6.07, 6.45) is 6.96. The number of hydrogen-bond donors (Lipinski definition) is 4. The van der Waals surface area contributed by atoms with Crippen molar-refractivity contribution < 1.29 is 14.6 Å². The molecule has 2 aromatic carbocycles. The van der Waals surface area contributed by atoms with Crippen LogP contribution in [0.4, 0.5) is 5.82 Å². The van der Waals surface area contributed by atoms with Crippen LogP contribution >= 0.6 is 0 Å². The molecular weight excluding hydrogens is 506 g/mol. The van der Waals surface area contributed by atoms with Crippen LogP contribution in [0.5, 0.6) is 5.75 Å². The maximum Gasteiger partial charge on any atom is 0.297 e. The van der Waals surface area contributed by atoms with Gasteiger partial charge in [-0.15, -0.1) is 0 Å². The van der Waals surface area contributed by atoms with Crippen LogP contribution in [-0.4, -0.2) is 52.4 Å². The Kier molecular flexibility index (Phi) is 8.23. The highest BCUT2D eigenvalue weighted by molar-refractivity contribution is 5.95. The number of benzene rings is 2. The lowest BCUT2D eigenvalue weighted by Crippen LogP contribution is -2.39. The molecule has 3 aromatic rings. The van der Waals surface area contributed by atoms with Crippen molar-refractivity contribution in [1.82, 2.24) is 20.2 Å². The largest absolute Gasteiger partial charge is 0.492 e. The van der Waals surface area contributed by atoms with E-state index in [-0.39, 0.29) is 36.0 Å². The number of nitrogens with one attached hydrogen (secondary N) is 3. The summed E-state index contributed by atoms with van der Waals surface area (Å²) in [5.41, 5.74) is 2.34. The molecule has 0 bridgehead atoms. The average Bonchev–Trinajstić information content (AvgIpc) is 3.88. The minimum absolute atomic E-state index is 0.0264. The van der Waals surface area contributed by atoms with Gasteiger partial charge in [-0.3, -0.25) is 14.2 Å². The van der Waals surface area contributed by atoms with Crippen LogP contribution < -0.4 is 26.2 Å².